The second-order valence-corrected chi connectivity index (χ2v) is 5.78. The largest absolute Gasteiger partial charge is 0.476 e. The summed E-state index contributed by atoms with van der Waals surface area (Å²) in [6, 6.07) is 0. The van der Waals surface area contributed by atoms with Crippen molar-refractivity contribution in [2.75, 3.05) is 5.73 Å². The summed E-state index contributed by atoms with van der Waals surface area (Å²) in [6.07, 6.45) is 1.68. The fourth-order valence-electron chi connectivity index (χ4n) is 1.88. The fraction of sp³-hybridized carbons (Fsp3) is 0.600. The number of anilines is 1. The first-order valence-corrected chi connectivity index (χ1v) is 6.21. The molecule has 1 fully saturated rings. The number of nitrogens with zero attached hydrogens (tertiary/aromatic N) is 3. The minimum absolute atomic E-state index is 0.0106. The number of hydrogen-bond acceptors (Lipinski definition) is 7. The minimum Gasteiger partial charge on any atom is -0.476 e. The van der Waals surface area contributed by atoms with E-state index in [9.17, 15) is 4.79 Å². The maximum absolute atomic E-state index is 11.0. The number of oxime groups is 1. The van der Waals surface area contributed by atoms with Crippen LogP contribution in [0.4, 0.5) is 5.13 Å². The topological polar surface area (TPSA) is 111 Å². The predicted octanol–water partition coefficient (Wildman–Crippen LogP) is 1.11. The number of aromatic nitrogens is 2. The Balaban J connectivity index is 2.05. The lowest BCUT2D eigenvalue weighted by molar-refractivity contribution is -0.129. The van der Waals surface area contributed by atoms with Crippen molar-refractivity contribution in [3.8, 4) is 0 Å². The third-order valence-corrected chi connectivity index (χ3v) is 3.25. The van der Waals surface area contributed by atoms with Crippen molar-refractivity contribution in [1.29, 1.82) is 0 Å². The first kappa shape index (κ1) is 12.7. The first-order chi connectivity index (χ1) is 8.37. The molecule has 0 spiro atoms. The Kier molecular flexibility index (Phi) is 3.20. The predicted molar refractivity (Wildman–Crippen MR) is 66.4 cm³/mol. The van der Waals surface area contributed by atoms with E-state index in [1.165, 1.54) is 0 Å². The van der Waals surface area contributed by atoms with Gasteiger partial charge in [0.1, 0.15) is 6.10 Å². The minimum atomic E-state index is -1.23. The molecule has 7 nitrogen and oxygen atoms in total. The van der Waals surface area contributed by atoms with Gasteiger partial charge in [0, 0.05) is 11.5 Å². The van der Waals surface area contributed by atoms with E-state index in [4.69, 9.17) is 15.7 Å². The van der Waals surface area contributed by atoms with Crippen LogP contribution in [0.15, 0.2) is 5.16 Å². The van der Waals surface area contributed by atoms with Crippen molar-refractivity contribution in [3.63, 3.8) is 0 Å². The second kappa shape index (κ2) is 4.52. The molecule has 3 N–H and O–H groups in total. The molecule has 0 bridgehead atoms. The third kappa shape index (κ3) is 2.76. The molecule has 1 aliphatic rings. The van der Waals surface area contributed by atoms with Gasteiger partial charge in [-0.15, -0.1) is 0 Å². The van der Waals surface area contributed by atoms with Crippen molar-refractivity contribution in [3.05, 3.63) is 5.82 Å². The molecular weight excluding hydrogens is 256 g/mol. The maximum atomic E-state index is 11.0. The molecule has 98 valence electrons. The monoisotopic (exact) mass is 270 g/mol. The molecule has 0 amide bonds. The maximum Gasteiger partial charge on any atom is 0.362 e. The van der Waals surface area contributed by atoms with E-state index in [1.807, 2.05) is 0 Å². The smallest absolute Gasteiger partial charge is 0.362 e. The Morgan fingerprint density at radius 3 is 2.72 bits per heavy atom. The molecule has 8 heteroatoms. The van der Waals surface area contributed by atoms with E-state index in [0.717, 1.165) is 24.4 Å². The Labute approximate surface area is 108 Å². The average Bonchev–Trinajstić information content (AvgIpc) is 2.61. The highest BCUT2D eigenvalue weighted by molar-refractivity contribution is 7.09. The molecule has 1 heterocycles. The molecule has 1 saturated carbocycles. The van der Waals surface area contributed by atoms with Crippen LogP contribution in [0.1, 0.15) is 32.5 Å². The van der Waals surface area contributed by atoms with E-state index in [-0.39, 0.29) is 28.2 Å². The molecule has 1 aliphatic carbocycles. The van der Waals surface area contributed by atoms with Gasteiger partial charge in [-0.05, 0) is 18.3 Å². The van der Waals surface area contributed by atoms with Crippen molar-refractivity contribution in [1.82, 2.24) is 9.36 Å². The highest BCUT2D eigenvalue weighted by Crippen LogP contribution is 2.41. The van der Waals surface area contributed by atoms with E-state index in [0.29, 0.717) is 0 Å². The van der Waals surface area contributed by atoms with Gasteiger partial charge in [-0.25, -0.2) is 4.79 Å². The van der Waals surface area contributed by atoms with Crippen LogP contribution in [-0.2, 0) is 9.63 Å². The van der Waals surface area contributed by atoms with E-state index >= 15 is 0 Å². The van der Waals surface area contributed by atoms with Crippen molar-refractivity contribution in [2.45, 2.75) is 32.8 Å². The molecule has 0 radical (unpaired) electrons. The molecule has 0 aliphatic heterocycles. The van der Waals surface area contributed by atoms with Crippen LogP contribution < -0.4 is 5.73 Å². The Morgan fingerprint density at radius 2 is 2.28 bits per heavy atom. The number of hydrogen-bond donors (Lipinski definition) is 2. The normalized spacial score (nSPS) is 19.3. The molecule has 2 rings (SSSR count). The summed E-state index contributed by atoms with van der Waals surface area (Å²) in [7, 11) is 0. The number of rotatable bonds is 4. The summed E-state index contributed by atoms with van der Waals surface area (Å²) in [6.45, 7) is 4.24. The number of carboxylic acids is 1. The number of aliphatic carboxylic acids is 1. The molecule has 0 saturated heterocycles. The molecule has 0 aromatic carbocycles. The summed E-state index contributed by atoms with van der Waals surface area (Å²) < 4.78 is 3.80. The fourth-order valence-corrected chi connectivity index (χ4v) is 2.32. The van der Waals surface area contributed by atoms with Crippen molar-refractivity contribution < 1.29 is 14.7 Å². The van der Waals surface area contributed by atoms with E-state index < -0.39 is 5.97 Å². The van der Waals surface area contributed by atoms with E-state index in [1.54, 1.807) is 0 Å². The summed E-state index contributed by atoms with van der Waals surface area (Å²) >= 11 is 0.921. The van der Waals surface area contributed by atoms with Gasteiger partial charge in [-0.1, -0.05) is 19.0 Å². The van der Waals surface area contributed by atoms with Crippen LogP contribution in [0.2, 0.25) is 0 Å². The van der Waals surface area contributed by atoms with E-state index in [2.05, 4.69) is 28.4 Å². The number of carbonyl (C=O) groups is 1. The average molecular weight is 270 g/mol. The van der Waals surface area contributed by atoms with Gasteiger partial charge >= 0.3 is 5.97 Å². The number of carboxylic acid groups (broad SMARTS) is 1. The first-order valence-electron chi connectivity index (χ1n) is 5.44. The highest BCUT2D eigenvalue weighted by atomic mass is 32.1. The molecular formula is C10H14N4O3S. The van der Waals surface area contributed by atoms with Crippen molar-refractivity contribution >= 4 is 28.3 Å². The van der Waals surface area contributed by atoms with Gasteiger partial charge in [-0.2, -0.15) is 9.36 Å². The summed E-state index contributed by atoms with van der Waals surface area (Å²) in [5.41, 5.74) is 5.33. The van der Waals surface area contributed by atoms with Gasteiger partial charge < -0.3 is 15.7 Å². The molecule has 18 heavy (non-hydrogen) atoms. The molecule has 1 aromatic heterocycles. The SMILES string of the molecule is CC1(C)CC(O/N=C(\C(=O)O)c2nsc(N)n2)C1. The molecule has 0 atom stereocenters. The lowest BCUT2D eigenvalue weighted by Gasteiger charge is -2.40. The van der Waals surface area contributed by atoms with Crippen LogP contribution in [0, 0.1) is 5.41 Å². The third-order valence-electron chi connectivity index (χ3n) is 2.71. The number of nitrogens with two attached hydrogens (primary N) is 1. The highest BCUT2D eigenvalue weighted by Gasteiger charge is 2.38. The zero-order valence-electron chi connectivity index (χ0n) is 10.1. The van der Waals surface area contributed by atoms with Gasteiger partial charge in [0.05, 0.1) is 0 Å². The Morgan fingerprint density at radius 1 is 1.61 bits per heavy atom. The summed E-state index contributed by atoms with van der Waals surface area (Å²) in [5, 5.41) is 12.9. The number of nitrogen functional groups attached to an aromatic ring is 1. The Hall–Kier alpha value is -1.70. The second-order valence-electron chi connectivity index (χ2n) is 5.00. The summed E-state index contributed by atoms with van der Waals surface area (Å²) in [5.74, 6) is -1.24. The lowest BCUT2D eigenvalue weighted by atomic mass is 9.70. The standard InChI is InChI=1S/C10H14N4O3S/c1-10(2)3-5(4-10)17-13-6(8(15)16)7-12-9(11)18-14-7/h5H,3-4H2,1-2H3,(H,15,16)(H2,11,12,14)/b13-6-. The van der Waals surface area contributed by atoms with Gasteiger partial charge in [0.2, 0.25) is 11.5 Å². The van der Waals surface area contributed by atoms with Crippen LogP contribution in [0.3, 0.4) is 0 Å². The van der Waals surface area contributed by atoms with Crippen LogP contribution >= 0.6 is 11.5 Å². The van der Waals surface area contributed by atoms with Crippen LogP contribution in [0.5, 0.6) is 0 Å². The van der Waals surface area contributed by atoms with Gasteiger partial charge in [0.15, 0.2) is 5.13 Å². The quantitative estimate of drug-likeness (QED) is 0.626. The van der Waals surface area contributed by atoms with Gasteiger partial charge in [0.25, 0.3) is 0 Å². The molecule has 0 unspecified atom stereocenters. The summed E-state index contributed by atoms with van der Waals surface area (Å²) in [4.78, 5) is 20.0. The molecule has 1 aromatic rings. The van der Waals surface area contributed by atoms with Gasteiger partial charge in [-0.3, -0.25) is 0 Å². The van der Waals surface area contributed by atoms with Crippen molar-refractivity contribution in [2.24, 2.45) is 10.6 Å². The Bertz CT molecular complexity index is 489. The lowest BCUT2D eigenvalue weighted by Crippen LogP contribution is -2.37. The van der Waals surface area contributed by atoms with Crippen LogP contribution in [0.25, 0.3) is 0 Å². The zero-order chi connectivity index (χ0) is 13.3. The van der Waals surface area contributed by atoms with Crippen LogP contribution in [-0.4, -0.2) is 32.2 Å². The zero-order valence-corrected chi connectivity index (χ0v) is 10.9.